The topological polar surface area (TPSA) is 123 Å². The average molecular weight is 367 g/mol. The number of non-ortho nitro benzene ring substituents is 1. The van der Waals surface area contributed by atoms with E-state index in [9.17, 15) is 14.9 Å². The van der Waals surface area contributed by atoms with Crippen LogP contribution in [0.1, 0.15) is 18.2 Å². The van der Waals surface area contributed by atoms with Crippen LogP contribution in [0.3, 0.4) is 0 Å². The monoisotopic (exact) mass is 367 g/mol. The van der Waals surface area contributed by atoms with Crippen molar-refractivity contribution in [2.45, 2.75) is 13.3 Å². The van der Waals surface area contributed by atoms with Crippen LogP contribution in [0.4, 0.5) is 17.3 Å². The van der Waals surface area contributed by atoms with Crippen LogP contribution < -0.4 is 15.6 Å². The highest BCUT2D eigenvalue weighted by atomic mass is 16.6. The zero-order valence-corrected chi connectivity index (χ0v) is 14.5. The van der Waals surface area contributed by atoms with Gasteiger partial charge in [-0.1, -0.05) is 18.2 Å². The number of nitrogens with zero attached hydrogens (tertiary/aromatic N) is 3. The molecule has 0 amide bonds. The third-order valence-electron chi connectivity index (χ3n) is 3.69. The Morgan fingerprint density at radius 1 is 1.19 bits per heavy atom. The van der Waals surface area contributed by atoms with E-state index in [-0.39, 0.29) is 22.9 Å². The molecule has 0 saturated heterocycles. The maximum absolute atomic E-state index is 12.2. The summed E-state index contributed by atoms with van der Waals surface area (Å²) < 4.78 is 5.38. The van der Waals surface area contributed by atoms with Crippen LogP contribution in [0.2, 0.25) is 0 Å². The number of nitro groups is 1. The molecule has 0 saturated carbocycles. The van der Waals surface area contributed by atoms with Crippen LogP contribution in [-0.4, -0.2) is 26.7 Å². The van der Waals surface area contributed by atoms with Gasteiger partial charge in [-0.25, -0.2) is 0 Å². The summed E-state index contributed by atoms with van der Waals surface area (Å²) in [4.78, 5) is 25.2. The fourth-order valence-electron chi connectivity index (χ4n) is 2.43. The van der Waals surface area contributed by atoms with Gasteiger partial charge in [0.15, 0.2) is 0 Å². The molecule has 3 rings (SSSR count). The van der Waals surface area contributed by atoms with Crippen LogP contribution in [-0.2, 0) is 6.42 Å². The van der Waals surface area contributed by atoms with Gasteiger partial charge in [0.1, 0.15) is 11.4 Å². The SMILES string of the molecule is CCOc1ccc(Cc2nnc(Nc3cccc([N+](=O)[O-])c3)[nH]c2=O)cc1. The summed E-state index contributed by atoms with van der Waals surface area (Å²) in [6.45, 7) is 2.50. The Hall–Kier alpha value is -3.75. The molecule has 0 aliphatic rings. The minimum Gasteiger partial charge on any atom is -0.494 e. The highest BCUT2D eigenvalue weighted by molar-refractivity contribution is 5.57. The number of H-pyrrole nitrogens is 1. The molecular weight excluding hydrogens is 350 g/mol. The van der Waals surface area contributed by atoms with Crippen molar-refractivity contribution in [1.82, 2.24) is 15.2 Å². The molecule has 9 heteroatoms. The van der Waals surface area contributed by atoms with Crippen molar-refractivity contribution < 1.29 is 9.66 Å². The summed E-state index contributed by atoms with van der Waals surface area (Å²) in [5, 5.41) is 21.5. The second-order valence-electron chi connectivity index (χ2n) is 5.64. The van der Waals surface area contributed by atoms with Crippen LogP contribution >= 0.6 is 0 Å². The average Bonchev–Trinajstić information content (AvgIpc) is 2.66. The van der Waals surface area contributed by atoms with E-state index in [0.717, 1.165) is 11.3 Å². The first-order chi connectivity index (χ1) is 13.0. The quantitative estimate of drug-likeness (QED) is 0.486. The molecule has 27 heavy (non-hydrogen) atoms. The molecule has 138 valence electrons. The molecule has 0 atom stereocenters. The Morgan fingerprint density at radius 2 is 1.96 bits per heavy atom. The number of hydrogen-bond donors (Lipinski definition) is 2. The van der Waals surface area contributed by atoms with Crippen molar-refractivity contribution in [3.8, 4) is 5.75 Å². The molecule has 1 aromatic heterocycles. The summed E-state index contributed by atoms with van der Waals surface area (Å²) in [6, 6.07) is 13.3. The largest absolute Gasteiger partial charge is 0.494 e. The summed E-state index contributed by atoms with van der Waals surface area (Å²) in [5.74, 6) is 0.869. The Balaban J connectivity index is 1.73. The summed E-state index contributed by atoms with van der Waals surface area (Å²) in [6.07, 6.45) is 0.325. The van der Waals surface area contributed by atoms with Gasteiger partial charge in [0.25, 0.3) is 11.2 Å². The van der Waals surface area contributed by atoms with Crippen molar-refractivity contribution in [1.29, 1.82) is 0 Å². The molecule has 1 heterocycles. The van der Waals surface area contributed by atoms with E-state index >= 15 is 0 Å². The summed E-state index contributed by atoms with van der Waals surface area (Å²) >= 11 is 0. The van der Waals surface area contributed by atoms with Gasteiger partial charge in [-0.05, 0) is 30.7 Å². The first-order valence-electron chi connectivity index (χ1n) is 8.24. The number of aromatic nitrogens is 3. The fraction of sp³-hybridized carbons (Fsp3) is 0.167. The van der Waals surface area contributed by atoms with E-state index in [1.54, 1.807) is 6.07 Å². The van der Waals surface area contributed by atoms with Crippen molar-refractivity contribution in [2.24, 2.45) is 0 Å². The molecule has 2 aromatic carbocycles. The molecule has 3 aromatic rings. The maximum Gasteiger partial charge on any atom is 0.274 e. The van der Waals surface area contributed by atoms with Gasteiger partial charge in [-0.2, -0.15) is 0 Å². The maximum atomic E-state index is 12.2. The lowest BCUT2D eigenvalue weighted by Crippen LogP contribution is -2.18. The number of rotatable bonds is 7. The predicted octanol–water partition coefficient (Wildman–Crippen LogP) is 2.81. The smallest absolute Gasteiger partial charge is 0.274 e. The highest BCUT2D eigenvalue weighted by Crippen LogP contribution is 2.19. The number of nitro benzene ring substituents is 1. The van der Waals surface area contributed by atoms with Crippen LogP contribution in [0.25, 0.3) is 0 Å². The number of nitrogens with one attached hydrogen (secondary N) is 2. The van der Waals surface area contributed by atoms with Crippen molar-refractivity contribution in [3.63, 3.8) is 0 Å². The molecule has 0 aliphatic heterocycles. The number of ether oxygens (including phenoxy) is 1. The number of aromatic amines is 1. The van der Waals surface area contributed by atoms with E-state index in [1.165, 1.54) is 18.2 Å². The Labute approximate surface area is 154 Å². The van der Waals surface area contributed by atoms with E-state index in [1.807, 2.05) is 31.2 Å². The fourth-order valence-corrected chi connectivity index (χ4v) is 2.43. The zero-order valence-electron chi connectivity index (χ0n) is 14.5. The van der Waals surface area contributed by atoms with E-state index in [4.69, 9.17) is 4.74 Å². The Morgan fingerprint density at radius 3 is 2.63 bits per heavy atom. The van der Waals surface area contributed by atoms with E-state index in [0.29, 0.717) is 18.7 Å². The van der Waals surface area contributed by atoms with Gasteiger partial charge < -0.3 is 10.1 Å². The normalized spacial score (nSPS) is 10.4. The molecule has 0 fully saturated rings. The molecular formula is C18H17N5O4. The Bertz CT molecular complexity index is 1000. The first kappa shape index (κ1) is 18.1. The standard InChI is InChI=1S/C18H17N5O4/c1-2-27-15-8-6-12(7-9-15)10-16-17(24)20-18(22-21-16)19-13-4-3-5-14(11-13)23(25)26/h3-9,11H,2,10H2,1H3,(H2,19,20,22,24). The molecule has 2 N–H and O–H groups in total. The van der Waals surface area contributed by atoms with Gasteiger partial charge in [0.2, 0.25) is 5.95 Å². The van der Waals surface area contributed by atoms with Gasteiger partial charge in [0.05, 0.1) is 11.5 Å². The molecule has 0 radical (unpaired) electrons. The predicted molar refractivity (Wildman–Crippen MR) is 99.4 cm³/mol. The lowest BCUT2D eigenvalue weighted by Gasteiger charge is -2.06. The number of hydrogen-bond acceptors (Lipinski definition) is 7. The van der Waals surface area contributed by atoms with Crippen molar-refractivity contribution >= 4 is 17.3 Å². The highest BCUT2D eigenvalue weighted by Gasteiger charge is 2.09. The van der Waals surface area contributed by atoms with Crippen molar-refractivity contribution in [3.05, 3.63) is 80.3 Å². The molecule has 0 aliphatic carbocycles. The Kier molecular flexibility index (Phi) is 5.41. The molecule has 0 bridgehead atoms. The minimum absolute atomic E-state index is 0.0672. The lowest BCUT2D eigenvalue weighted by atomic mass is 10.1. The second-order valence-corrected chi connectivity index (χ2v) is 5.64. The van der Waals surface area contributed by atoms with Gasteiger partial charge in [-0.3, -0.25) is 19.9 Å². The summed E-state index contributed by atoms with van der Waals surface area (Å²) in [7, 11) is 0. The lowest BCUT2D eigenvalue weighted by molar-refractivity contribution is -0.384. The first-order valence-corrected chi connectivity index (χ1v) is 8.24. The molecule has 9 nitrogen and oxygen atoms in total. The van der Waals surface area contributed by atoms with E-state index in [2.05, 4.69) is 20.5 Å². The number of anilines is 2. The minimum atomic E-state index is -0.500. The van der Waals surface area contributed by atoms with Gasteiger partial charge >= 0.3 is 0 Å². The van der Waals surface area contributed by atoms with E-state index < -0.39 is 4.92 Å². The second kappa shape index (κ2) is 8.09. The molecule has 0 spiro atoms. The van der Waals surface area contributed by atoms with Crippen LogP contribution in [0.5, 0.6) is 5.75 Å². The van der Waals surface area contributed by atoms with Gasteiger partial charge in [-0.15, -0.1) is 10.2 Å². The third-order valence-corrected chi connectivity index (χ3v) is 3.69. The van der Waals surface area contributed by atoms with Crippen molar-refractivity contribution in [2.75, 3.05) is 11.9 Å². The molecule has 0 unspecified atom stereocenters. The summed E-state index contributed by atoms with van der Waals surface area (Å²) in [5.41, 5.74) is 1.14. The number of benzene rings is 2. The zero-order chi connectivity index (χ0) is 19.2. The van der Waals surface area contributed by atoms with Crippen LogP contribution in [0, 0.1) is 10.1 Å². The van der Waals surface area contributed by atoms with Crippen LogP contribution in [0.15, 0.2) is 53.3 Å². The third kappa shape index (κ3) is 4.66. The van der Waals surface area contributed by atoms with Gasteiger partial charge in [0, 0.05) is 24.2 Å².